The molecule has 0 aliphatic carbocycles. The SMILES string of the molecule is C#Cc1noc(=O)[nH]1. The Hall–Kier alpha value is -1.50. The third kappa shape index (κ3) is 0.611. The maximum atomic E-state index is 10.1. The predicted octanol–water partition coefficient (Wildman–Crippen LogP) is -0.656. The molecule has 1 aromatic rings. The molecule has 8 heavy (non-hydrogen) atoms. The van der Waals surface area contributed by atoms with E-state index in [0.29, 0.717) is 0 Å². The highest BCUT2D eigenvalue weighted by atomic mass is 16.5. The van der Waals surface area contributed by atoms with Gasteiger partial charge >= 0.3 is 5.76 Å². The molecule has 0 fully saturated rings. The summed E-state index contributed by atoms with van der Waals surface area (Å²) in [6.45, 7) is 0. The number of aromatic amines is 1. The first-order valence-corrected chi connectivity index (χ1v) is 1.85. The molecule has 4 nitrogen and oxygen atoms in total. The van der Waals surface area contributed by atoms with Crippen LogP contribution < -0.4 is 5.76 Å². The minimum absolute atomic E-state index is 0.120. The van der Waals surface area contributed by atoms with Gasteiger partial charge in [0.05, 0.1) is 0 Å². The van der Waals surface area contributed by atoms with Gasteiger partial charge in [0.1, 0.15) is 0 Å². The van der Waals surface area contributed by atoms with Gasteiger partial charge in [-0.25, -0.2) is 4.79 Å². The van der Waals surface area contributed by atoms with Crippen LogP contribution in [0.3, 0.4) is 0 Å². The Morgan fingerprint density at radius 3 is 2.88 bits per heavy atom. The van der Waals surface area contributed by atoms with Crippen LogP contribution in [0.1, 0.15) is 5.82 Å². The minimum Gasteiger partial charge on any atom is -0.295 e. The first-order chi connectivity index (χ1) is 3.83. The smallest absolute Gasteiger partial charge is 0.295 e. The van der Waals surface area contributed by atoms with Crippen molar-refractivity contribution in [2.24, 2.45) is 0 Å². The highest BCUT2D eigenvalue weighted by molar-refractivity contribution is 5.11. The van der Waals surface area contributed by atoms with Crippen LogP contribution >= 0.6 is 0 Å². The van der Waals surface area contributed by atoms with Crippen LogP contribution in [0.2, 0.25) is 0 Å². The van der Waals surface area contributed by atoms with Gasteiger partial charge < -0.3 is 0 Å². The van der Waals surface area contributed by atoms with E-state index in [2.05, 4.69) is 20.6 Å². The van der Waals surface area contributed by atoms with Gasteiger partial charge in [-0.15, -0.1) is 6.42 Å². The molecule has 0 aromatic carbocycles. The van der Waals surface area contributed by atoms with Crippen molar-refractivity contribution in [3.63, 3.8) is 0 Å². The van der Waals surface area contributed by atoms with Crippen LogP contribution in [-0.4, -0.2) is 10.1 Å². The number of hydrogen-bond donors (Lipinski definition) is 1. The second-order valence-corrected chi connectivity index (χ2v) is 1.09. The topological polar surface area (TPSA) is 58.9 Å². The molecule has 1 aromatic heterocycles. The summed E-state index contributed by atoms with van der Waals surface area (Å²) in [4.78, 5) is 12.2. The van der Waals surface area contributed by atoms with Crippen molar-refractivity contribution in [2.75, 3.05) is 0 Å². The zero-order valence-electron chi connectivity index (χ0n) is 3.84. The van der Waals surface area contributed by atoms with Crippen molar-refractivity contribution in [3.8, 4) is 12.3 Å². The third-order valence-corrected chi connectivity index (χ3v) is 0.577. The molecule has 0 unspecified atom stereocenters. The van der Waals surface area contributed by atoms with Gasteiger partial charge in [-0.05, 0) is 11.1 Å². The molecule has 1 heterocycles. The van der Waals surface area contributed by atoms with E-state index in [0.717, 1.165) is 0 Å². The Kier molecular flexibility index (Phi) is 0.897. The fourth-order valence-corrected chi connectivity index (χ4v) is 0.292. The molecule has 4 heteroatoms. The lowest BCUT2D eigenvalue weighted by Crippen LogP contribution is -1.94. The first kappa shape index (κ1) is 4.65. The summed E-state index contributed by atoms with van der Waals surface area (Å²) in [5.74, 6) is 1.58. The van der Waals surface area contributed by atoms with Gasteiger partial charge in [0, 0.05) is 0 Å². The van der Waals surface area contributed by atoms with Crippen molar-refractivity contribution in [1.29, 1.82) is 0 Å². The highest BCUT2D eigenvalue weighted by Gasteiger charge is 1.90. The summed E-state index contributed by atoms with van der Waals surface area (Å²) in [7, 11) is 0. The Labute approximate surface area is 44.5 Å². The molecule has 0 saturated carbocycles. The van der Waals surface area contributed by atoms with Crippen LogP contribution in [-0.2, 0) is 0 Å². The molecule has 0 saturated heterocycles. The van der Waals surface area contributed by atoms with Crippen molar-refractivity contribution in [1.82, 2.24) is 10.1 Å². The Balaban J connectivity index is 3.25. The monoisotopic (exact) mass is 110 g/mol. The Morgan fingerprint density at radius 1 is 1.88 bits per heavy atom. The van der Waals surface area contributed by atoms with Crippen LogP contribution in [0.25, 0.3) is 0 Å². The minimum atomic E-state index is -0.627. The Bertz CT molecular complexity index is 264. The predicted molar refractivity (Wildman–Crippen MR) is 25.1 cm³/mol. The summed E-state index contributed by atoms with van der Waals surface area (Å²) in [6, 6.07) is 0. The molecular formula is C4H2N2O2. The molecule has 0 spiro atoms. The van der Waals surface area contributed by atoms with Crippen LogP contribution in [0.15, 0.2) is 9.32 Å². The number of nitrogens with one attached hydrogen (secondary N) is 1. The number of rotatable bonds is 0. The third-order valence-electron chi connectivity index (χ3n) is 0.577. The van der Waals surface area contributed by atoms with Crippen molar-refractivity contribution >= 4 is 0 Å². The molecule has 0 bridgehead atoms. The average Bonchev–Trinajstić information content (AvgIpc) is 2.14. The van der Waals surface area contributed by atoms with Gasteiger partial charge in [0.25, 0.3) is 0 Å². The lowest BCUT2D eigenvalue weighted by atomic mass is 10.7. The van der Waals surface area contributed by atoms with E-state index in [1.165, 1.54) is 0 Å². The standard InChI is InChI=1S/C4H2N2O2/c1-2-3-5-4(7)8-6-3/h1H,(H,5,6,7). The fourth-order valence-electron chi connectivity index (χ4n) is 0.292. The summed E-state index contributed by atoms with van der Waals surface area (Å²) < 4.78 is 4.05. The first-order valence-electron chi connectivity index (χ1n) is 1.85. The molecule has 0 atom stereocenters. The number of aromatic nitrogens is 2. The van der Waals surface area contributed by atoms with E-state index in [4.69, 9.17) is 6.42 Å². The molecular weight excluding hydrogens is 108 g/mol. The summed E-state index contributed by atoms with van der Waals surface area (Å²) in [5.41, 5.74) is 0. The molecule has 1 rings (SSSR count). The quantitative estimate of drug-likeness (QED) is 0.451. The number of terminal acetylenes is 1. The van der Waals surface area contributed by atoms with Gasteiger partial charge in [0.15, 0.2) is 0 Å². The zero-order valence-corrected chi connectivity index (χ0v) is 3.84. The van der Waals surface area contributed by atoms with Crippen molar-refractivity contribution in [3.05, 3.63) is 16.4 Å². The summed E-state index contributed by atoms with van der Waals surface area (Å²) in [6.07, 6.45) is 4.82. The number of H-pyrrole nitrogens is 1. The summed E-state index contributed by atoms with van der Waals surface area (Å²) in [5, 5.41) is 3.16. The molecule has 0 aliphatic heterocycles. The largest absolute Gasteiger partial charge is 0.439 e. The lowest BCUT2D eigenvalue weighted by molar-refractivity contribution is 0.385. The molecule has 0 radical (unpaired) electrons. The zero-order chi connectivity index (χ0) is 5.98. The van der Waals surface area contributed by atoms with Gasteiger partial charge in [-0.3, -0.25) is 9.51 Å². The highest BCUT2D eigenvalue weighted by Crippen LogP contribution is 1.73. The van der Waals surface area contributed by atoms with E-state index in [1.807, 2.05) is 0 Å². The number of hydrogen-bond acceptors (Lipinski definition) is 3. The van der Waals surface area contributed by atoms with Crippen molar-refractivity contribution in [2.45, 2.75) is 0 Å². The normalized spacial score (nSPS) is 8.38. The van der Waals surface area contributed by atoms with Gasteiger partial charge in [-0.1, -0.05) is 0 Å². The fraction of sp³-hybridized carbons (Fsp3) is 0. The molecule has 0 amide bonds. The van der Waals surface area contributed by atoms with Gasteiger partial charge in [-0.2, -0.15) is 0 Å². The maximum Gasteiger partial charge on any atom is 0.439 e. The van der Waals surface area contributed by atoms with Crippen LogP contribution in [0.5, 0.6) is 0 Å². The molecule has 1 N–H and O–H groups in total. The van der Waals surface area contributed by atoms with E-state index in [-0.39, 0.29) is 5.82 Å². The second-order valence-electron chi connectivity index (χ2n) is 1.09. The van der Waals surface area contributed by atoms with Crippen molar-refractivity contribution < 1.29 is 4.52 Å². The van der Waals surface area contributed by atoms with E-state index >= 15 is 0 Å². The van der Waals surface area contributed by atoms with Crippen LogP contribution in [0, 0.1) is 12.3 Å². The van der Waals surface area contributed by atoms with E-state index in [9.17, 15) is 4.79 Å². The van der Waals surface area contributed by atoms with Crippen LogP contribution in [0.4, 0.5) is 0 Å². The average molecular weight is 110 g/mol. The second kappa shape index (κ2) is 1.54. The lowest BCUT2D eigenvalue weighted by Gasteiger charge is -1.63. The number of nitrogens with zero attached hydrogens (tertiary/aromatic N) is 1. The Morgan fingerprint density at radius 2 is 2.62 bits per heavy atom. The maximum absolute atomic E-state index is 10.1. The summed E-state index contributed by atoms with van der Waals surface area (Å²) >= 11 is 0. The van der Waals surface area contributed by atoms with E-state index < -0.39 is 5.76 Å². The van der Waals surface area contributed by atoms with Gasteiger partial charge in [0.2, 0.25) is 5.82 Å². The van der Waals surface area contributed by atoms with E-state index in [1.54, 1.807) is 0 Å². The molecule has 40 valence electrons. The molecule has 0 aliphatic rings.